The summed E-state index contributed by atoms with van der Waals surface area (Å²) in [7, 11) is 0. The van der Waals surface area contributed by atoms with E-state index >= 15 is 0 Å². The number of para-hydroxylation sites is 5. The van der Waals surface area contributed by atoms with Crippen LogP contribution in [0.3, 0.4) is 0 Å². The predicted molar refractivity (Wildman–Crippen MR) is 364 cm³/mol. The number of anilines is 5. The Hall–Kier alpha value is -10.8. The first kappa shape index (κ1) is 71.6. The lowest BCUT2D eigenvalue weighted by molar-refractivity contribution is -0.158. The summed E-state index contributed by atoms with van der Waals surface area (Å²) in [6, 6.07) is 47.9. The highest BCUT2D eigenvalue weighted by atomic mass is 16.6. The molecule has 0 spiro atoms. The summed E-state index contributed by atoms with van der Waals surface area (Å²) < 4.78 is 32.5. The number of furan rings is 1. The molecule has 27 heteroatoms. The number of benzene rings is 5. The minimum absolute atomic E-state index is 0. The highest BCUT2D eigenvalue weighted by Gasteiger charge is 2.72. The zero-order valence-electron chi connectivity index (χ0n) is 55.0. The van der Waals surface area contributed by atoms with Crippen molar-refractivity contribution in [3.63, 3.8) is 0 Å². The normalized spacial score (nSPS) is 33.8. The van der Waals surface area contributed by atoms with E-state index in [1.165, 1.54) is 26.9 Å². The second-order valence-corrected chi connectivity index (χ2v) is 26.8. The number of ether oxygens (including phenoxy) is 5. The molecule has 0 saturated carbocycles. The fourth-order valence-electron chi connectivity index (χ4n) is 16.4. The molecule has 13 aliphatic heterocycles. The Morgan fingerprint density at radius 3 is 1.01 bits per heavy atom. The zero-order chi connectivity index (χ0) is 72.4. The van der Waals surface area contributed by atoms with E-state index < -0.39 is 102 Å². The molecule has 22 unspecified atom stereocenters. The number of rotatable bonds is 9. The topological polar surface area (TPSA) is 361 Å². The first-order valence-electron chi connectivity index (χ1n) is 33.7. The molecule has 104 heavy (non-hydrogen) atoms. The molecule has 11 fully saturated rings. The number of aliphatic carboxylic acids is 1. The van der Waals surface area contributed by atoms with Crippen LogP contribution in [0.5, 0.6) is 0 Å². The third-order valence-electron chi connectivity index (χ3n) is 21.1. The van der Waals surface area contributed by atoms with Crippen molar-refractivity contribution < 1.29 is 106 Å². The van der Waals surface area contributed by atoms with Crippen LogP contribution < -0.4 is 24.5 Å². The quantitative estimate of drug-likeness (QED) is 0.0839. The van der Waals surface area contributed by atoms with Crippen LogP contribution in [0.4, 0.5) is 28.4 Å². The zero-order valence-corrected chi connectivity index (χ0v) is 55.0. The molecule has 0 radical (unpaired) electrons. The number of aliphatic hydroxyl groups is 3. The fourth-order valence-corrected chi connectivity index (χ4v) is 16.4. The summed E-state index contributed by atoms with van der Waals surface area (Å²) >= 11 is 0. The molecular formula is C77H73N5O22. The molecule has 538 valence electrons. The standard InChI is InChI=1S/C19H19NO7.C15H15NO4.C14H13NO5.C14H11NO3.C10H7NO2.C4H4O.CH4/c1-9-15-13-14(17(27-15)16(9)26-12(23)8-7-11(21)22)19(25)20(18(13)24)10-5-3-2-4-6-10;1-7-11(17)13-10-9(12(7)20-13)14(18)16(15(10)19)8-5-3-2-4-6-8;16-9-10(17)12-8-7(11(9)20-12)13(18)15(14(8)19)6-4-2-1-3-5-6;16-13-11-9-6-7-10(18-9)12(11)14(17)15(13)8-4-2-1-3-5-8;12-9-6-7-10(13)11(9)8-4-2-1-3-5-8;1-2-4-5-3-1;/h2-6,9,13-17H,7-8H2,1H3,(H,21,22);2-7,9-13,17H,1H3;1-5,7-12,16-17H;1-7,9-12H;1-7H;1-4H;1H4. The first-order chi connectivity index (χ1) is 49.7. The molecule has 10 amide bonds. The van der Waals surface area contributed by atoms with E-state index in [9.17, 15) is 72.9 Å². The third-order valence-corrected chi connectivity index (χ3v) is 21.1. The van der Waals surface area contributed by atoms with Crippen molar-refractivity contribution in [2.45, 2.75) is 107 Å². The number of carboxylic acid groups (broad SMARTS) is 1. The smallest absolute Gasteiger partial charge is 0.306 e. The summed E-state index contributed by atoms with van der Waals surface area (Å²) in [5.41, 5.74) is 2.89. The van der Waals surface area contributed by atoms with Gasteiger partial charge >= 0.3 is 11.9 Å². The molecule has 1 aromatic heterocycles. The summed E-state index contributed by atoms with van der Waals surface area (Å²) in [5, 5.41) is 38.5. The Morgan fingerprint density at radius 1 is 0.365 bits per heavy atom. The van der Waals surface area contributed by atoms with Gasteiger partial charge < -0.3 is 48.5 Å². The van der Waals surface area contributed by atoms with Crippen molar-refractivity contribution in [1.82, 2.24) is 0 Å². The number of fused-ring (bicyclic) bond motifs is 20. The van der Waals surface area contributed by atoms with Gasteiger partial charge in [0.2, 0.25) is 47.3 Å². The van der Waals surface area contributed by atoms with E-state index in [1.807, 2.05) is 68.5 Å². The molecule has 19 rings (SSSR count). The number of amides is 10. The number of aliphatic hydroxyl groups excluding tert-OH is 3. The number of carbonyl (C=O) groups is 12. The largest absolute Gasteiger partial charge is 0.481 e. The molecule has 5 aromatic carbocycles. The summed E-state index contributed by atoms with van der Waals surface area (Å²) in [4.78, 5) is 152. The monoisotopic (exact) mass is 1420 g/mol. The number of hydrogen-bond donors (Lipinski definition) is 4. The Kier molecular flexibility index (Phi) is 20.1. The number of hydrogen-bond acceptors (Lipinski definition) is 21. The molecule has 4 N–H and O–H groups in total. The van der Waals surface area contributed by atoms with Gasteiger partial charge in [0.15, 0.2) is 0 Å². The maximum Gasteiger partial charge on any atom is 0.306 e. The average Bonchev–Trinajstić information content (AvgIpc) is 1.58. The third kappa shape index (κ3) is 12.3. The number of nitrogens with zero attached hydrogens (tertiary/aromatic N) is 5. The van der Waals surface area contributed by atoms with Gasteiger partial charge in [-0.1, -0.05) is 124 Å². The van der Waals surface area contributed by atoms with Gasteiger partial charge in [-0.05, 0) is 72.8 Å². The highest BCUT2D eigenvalue weighted by Crippen LogP contribution is 2.55. The van der Waals surface area contributed by atoms with E-state index in [4.69, 9.17) is 28.8 Å². The Morgan fingerprint density at radius 2 is 0.663 bits per heavy atom. The van der Waals surface area contributed by atoms with Crippen LogP contribution in [-0.4, -0.2) is 165 Å². The van der Waals surface area contributed by atoms with Crippen molar-refractivity contribution in [1.29, 1.82) is 0 Å². The number of imide groups is 5. The van der Waals surface area contributed by atoms with Gasteiger partial charge in [-0.3, -0.25) is 57.5 Å². The second kappa shape index (κ2) is 29.2. The van der Waals surface area contributed by atoms with E-state index in [1.54, 1.807) is 134 Å². The Labute approximate surface area is 594 Å². The van der Waals surface area contributed by atoms with Gasteiger partial charge in [0, 0.05) is 24.0 Å². The summed E-state index contributed by atoms with van der Waals surface area (Å²) in [6.07, 6.45) is 1.42. The van der Waals surface area contributed by atoms with Crippen molar-refractivity contribution >= 4 is 99.4 Å². The van der Waals surface area contributed by atoms with Crippen molar-refractivity contribution in [3.05, 3.63) is 201 Å². The van der Waals surface area contributed by atoms with E-state index in [2.05, 4.69) is 4.42 Å². The van der Waals surface area contributed by atoms with Gasteiger partial charge in [-0.2, -0.15) is 0 Å². The summed E-state index contributed by atoms with van der Waals surface area (Å²) in [6.45, 7) is 3.69. The lowest BCUT2D eigenvalue weighted by Gasteiger charge is -2.29. The fraction of sp³-hybridized carbons (Fsp3) is 0.351. The van der Waals surface area contributed by atoms with E-state index in [0.717, 1.165) is 9.80 Å². The molecular weight excluding hydrogens is 1350 g/mol. The van der Waals surface area contributed by atoms with Crippen molar-refractivity contribution in [3.8, 4) is 0 Å². The van der Waals surface area contributed by atoms with Crippen LogP contribution in [0, 0.1) is 59.2 Å². The van der Waals surface area contributed by atoms with Crippen molar-refractivity contribution in [2.75, 3.05) is 24.5 Å². The highest BCUT2D eigenvalue weighted by molar-refractivity contribution is 6.28. The number of carbonyl (C=O) groups excluding carboxylic acids is 11. The van der Waals surface area contributed by atoms with Crippen LogP contribution in [0.1, 0.15) is 34.1 Å². The molecule has 8 bridgehead atoms. The lowest BCUT2D eigenvalue weighted by Crippen LogP contribution is -2.47. The maximum absolute atomic E-state index is 12.9. The Bertz CT molecular complexity index is 4140. The molecule has 13 aliphatic rings. The first-order valence-corrected chi connectivity index (χ1v) is 33.7. The SMILES string of the molecule is C.CC1C(O)C2OC1C1C(=O)N(c3ccccc3)C(=O)C21.CC1C(OC(=O)CCC(=O)O)C2OC1C1C(=O)N(c3ccccc3)C(=O)C21.O=C1C2C3C=CC(O3)C2C(=O)N1c1ccccc1.O=C1C2C3OC(C(O)C3O)C2C(=O)N1c1ccccc1.O=C1C=CC(=O)N1c1ccccc1.c1ccoc1. The second-order valence-electron chi connectivity index (χ2n) is 26.8. The number of carboxylic acids is 1. The van der Waals surface area contributed by atoms with Crippen LogP contribution in [0.2, 0.25) is 0 Å². The van der Waals surface area contributed by atoms with Gasteiger partial charge in [0.05, 0.1) is 150 Å². The molecule has 27 nitrogen and oxygen atoms in total. The molecule has 22 atom stereocenters. The molecule has 0 aliphatic carbocycles. The van der Waals surface area contributed by atoms with Crippen LogP contribution >= 0.6 is 0 Å². The molecule has 6 aromatic rings. The van der Waals surface area contributed by atoms with Gasteiger partial charge in [0.1, 0.15) is 24.4 Å². The Balaban J connectivity index is 0.000000115. The van der Waals surface area contributed by atoms with Crippen molar-refractivity contribution in [2.24, 2.45) is 59.2 Å². The van der Waals surface area contributed by atoms with Crippen LogP contribution in [0.25, 0.3) is 0 Å². The minimum atomic E-state index is -1.10. The molecule has 14 heterocycles. The minimum Gasteiger partial charge on any atom is -0.481 e. The van der Waals surface area contributed by atoms with Crippen LogP contribution in [0.15, 0.2) is 205 Å². The summed E-state index contributed by atoms with van der Waals surface area (Å²) in [5.74, 6) is -8.95. The predicted octanol–water partition coefficient (Wildman–Crippen LogP) is 5.01. The van der Waals surface area contributed by atoms with Gasteiger partial charge in [-0.15, -0.1) is 0 Å². The van der Waals surface area contributed by atoms with E-state index in [-0.39, 0.29) is 121 Å². The maximum atomic E-state index is 12.9. The lowest BCUT2D eigenvalue weighted by atomic mass is 9.74. The average molecular weight is 1420 g/mol. The van der Waals surface area contributed by atoms with Gasteiger partial charge in [0.25, 0.3) is 11.8 Å². The molecule has 11 saturated heterocycles. The van der Waals surface area contributed by atoms with Gasteiger partial charge in [-0.25, -0.2) is 24.5 Å². The number of esters is 1. The van der Waals surface area contributed by atoms with Crippen LogP contribution in [-0.2, 0) is 81.2 Å². The van der Waals surface area contributed by atoms with E-state index in [0.29, 0.717) is 28.4 Å².